The summed E-state index contributed by atoms with van der Waals surface area (Å²) in [5.41, 5.74) is 0.996. The van der Waals surface area contributed by atoms with Crippen molar-refractivity contribution in [3.63, 3.8) is 0 Å². The van der Waals surface area contributed by atoms with E-state index in [-0.39, 0.29) is 0 Å². The standard InChI is InChI=1S/C13H24N4/c1-5-14-9-12-7-8-13(16-15-12)17(6-2)10-11(3)4/h7-8,11,14H,5-6,9-10H2,1-4H3. The minimum atomic E-state index is 0.637. The maximum absolute atomic E-state index is 4.29. The fourth-order valence-electron chi connectivity index (χ4n) is 1.69. The first kappa shape index (κ1) is 13.9. The third kappa shape index (κ3) is 4.69. The van der Waals surface area contributed by atoms with Crippen LogP contribution in [0.2, 0.25) is 0 Å². The molecular weight excluding hydrogens is 212 g/mol. The molecular formula is C13H24N4. The molecule has 0 aliphatic heterocycles. The largest absolute Gasteiger partial charge is 0.355 e. The van der Waals surface area contributed by atoms with Crippen LogP contribution in [0.3, 0.4) is 0 Å². The van der Waals surface area contributed by atoms with Crippen LogP contribution in [0.1, 0.15) is 33.4 Å². The molecule has 1 N–H and O–H groups in total. The fourth-order valence-corrected chi connectivity index (χ4v) is 1.69. The lowest BCUT2D eigenvalue weighted by Gasteiger charge is -2.23. The number of hydrogen-bond donors (Lipinski definition) is 1. The van der Waals surface area contributed by atoms with Crippen molar-refractivity contribution in [3.05, 3.63) is 17.8 Å². The molecule has 0 fully saturated rings. The van der Waals surface area contributed by atoms with E-state index in [9.17, 15) is 0 Å². The van der Waals surface area contributed by atoms with E-state index in [0.29, 0.717) is 5.92 Å². The Morgan fingerprint density at radius 3 is 2.47 bits per heavy atom. The van der Waals surface area contributed by atoms with Gasteiger partial charge in [0.05, 0.1) is 5.69 Å². The predicted octanol–water partition coefficient (Wildman–Crippen LogP) is 2.07. The van der Waals surface area contributed by atoms with Crippen LogP contribution >= 0.6 is 0 Å². The van der Waals surface area contributed by atoms with Gasteiger partial charge < -0.3 is 10.2 Å². The minimum Gasteiger partial charge on any atom is -0.355 e. The Morgan fingerprint density at radius 2 is 2.00 bits per heavy atom. The molecule has 1 heterocycles. The quantitative estimate of drug-likeness (QED) is 0.787. The summed E-state index contributed by atoms with van der Waals surface area (Å²) in [5, 5.41) is 11.8. The molecule has 96 valence electrons. The number of nitrogens with zero attached hydrogens (tertiary/aromatic N) is 3. The first-order valence-electron chi connectivity index (χ1n) is 6.45. The van der Waals surface area contributed by atoms with Crippen LogP contribution in [-0.4, -0.2) is 29.8 Å². The van der Waals surface area contributed by atoms with Gasteiger partial charge in [0, 0.05) is 19.6 Å². The molecule has 0 saturated carbocycles. The first-order valence-corrected chi connectivity index (χ1v) is 6.45. The van der Waals surface area contributed by atoms with Gasteiger partial charge in [-0.1, -0.05) is 20.8 Å². The van der Waals surface area contributed by atoms with Gasteiger partial charge in [-0.3, -0.25) is 0 Å². The highest BCUT2D eigenvalue weighted by molar-refractivity contribution is 5.37. The summed E-state index contributed by atoms with van der Waals surface area (Å²) in [6.45, 7) is 12.4. The summed E-state index contributed by atoms with van der Waals surface area (Å²) in [6.07, 6.45) is 0. The van der Waals surface area contributed by atoms with Crippen molar-refractivity contribution < 1.29 is 0 Å². The zero-order chi connectivity index (χ0) is 12.7. The van der Waals surface area contributed by atoms with Gasteiger partial charge in [0.15, 0.2) is 5.82 Å². The molecule has 0 saturated heterocycles. The zero-order valence-electron chi connectivity index (χ0n) is 11.4. The van der Waals surface area contributed by atoms with Crippen LogP contribution < -0.4 is 10.2 Å². The predicted molar refractivity (Wildman–Crippen MR) is 72.1 cm³/mol. The summed E-state index contributed by atoms with van der Waals surface area (Å²) < 4.78 is 0. The van der Waals surface area contributed by atoms with E-state index in [1.165, 1.54) is 0 Å². The summed E-state index contributed by atoms with van der Waals surface area (Å²) in [4.78, 5) is 2.26. The summed E-state index contributed by atoms with van der Waals surface area (Å²) in [6, 6.07) is 4.11. The van der Waals surface area contributed by atoms with Gasteiger partial charge in [-0.15, -0.1) is 5.10 Å². The van der Waals surface area contributed by atoms with E-state index >= 15 is 0 Å². The van der Waals surface area contributed by atoms with E-state index in [1.54, 1.807) is 0 Å². The maximum Gasteiger partial charge on any atom is 0.151 e. The second-order valence-electron chi connectivity index (χ2n) is 4.60. The van der Waals surface area contributed by atoms with Crippen molar-refractivity contribution in [2.24, 2.45) is 5.92 Å². The molecule has 1 aromatic heterocycles. The van der Waals surface area contributed by atoms with Crippen LogP contribution in [-0.2, 0) is 6.54 Å². The lowest BCUT2D eigenvalue weighted by atomic mass is 10.2. The third-order valence-electron chi connectivity index (χ3n) is 2.55. The highest BCUT2D eigenvalue weighted by atomic mass is 15.3. The molecule has 0 atom stereocenters. The Kier molecular flexibility index (Phi) is 5.91. The summed E-state index contributed by atoms with van der Waals surface area (Å²) >= 11 is 0. The number of rotatable bonds is 7. The molecule has 1 aromatic rings. The Labute approximate surface area is 104 Å². The Balaban J connectivity index is 2.64. The van der Waals surface area contributed by atoms with E-state index in [1.807, 2.05) is 6.07 Å². The Hall–Kier alpha value is -1.16. The molecule has 0 bridgehead atoms. The number of nitrogens with one attached hydrogen (secondary N) is 1. The lowest BCUT2D eigenvalue weighted by molar-refractivity contribution is 0.610. The molecule has 1 rings (SSSR count). The lowest BCUT2D eigenvalue weighted by Crippen LogP contribution is -2.28. The van der Waals surface area contributed by atoms with Gasteiger partial charge in [-0.2, -0.15) is 5.10 Å². The average molecular weight is 236 g/mol. The van der Waals surface area contributed by atoms with Gasteiger partial charge in [0.1, 0.15) is 0 Å². The smallest absolute Gasteiger partial charge is 0.151 e. The maximum atomic E-state index is 4.29. The molecule has 0 aromatic carbocycles. The highest BCUT2D eigenvalue weighted by Crippen LogP contribution is 2.11. The van der Waals surface area contributed by atoms with Crippen LogP contribution in [0.4, 0.5) is 5.82 Å². The zero-order valence-corrected chi connectivity index (χ0v) is 11.4. The van der Waals surface area contributed by atoms with Crippen molar-refractivity contribution in [2.45, 2.75) is 34.2 Å². The van der Waals surface area contributed by atoms with Crippen LogP contribution in [0.25, 0.3) is 0 Å². The molecule has 0 amide bonds. The van der Waals surface area contributed by atoms with Crippen molar-refractivity contribution in [3.8, 4) is 0 Å². The Bertz CT molecular complexity index is 308. The topological polar surface area (TPSA) is 41.0 Å². The van der Waals surface area contributed by atoms with Gasteiger partial charge in [0.2, 0.25) is 0 Å². The summed E-state index contributed by atoms with van der Waals surface area (Å²) in [7, 11) is 0. The van der Waals surface area contributed by atoms with Crippen LogP contribution in [0.15, 0.2) is 12.1 Å². The number of aromatic nitrogens is 2. The van der Waals surface area contributed by atoms with Crippen molar-refractivity contribution in [1.29, 1.82) is 0 Å². The average Bonchev–Trinajstić information content (AvgIpc) is 2.34. The fraction of sp³-hybridized carbons (Fsp3) is 0.692. The number of hydrogen-bond acceptors (Lipinski definition) is 4. The summed E-state index contributed by atoms with van der Waals surface area (Å²) in [5.74, 6) is 1.61. The van der Waals surface area contributed by atoms with E-state index in [4.69, 9.17) is 0 Å². The molecule has 17 heavy (non-hydrogen) atoms. The molecule has 0 radical (unpaired) electrons. The van der Waals surface area contributed by atoms with E-state index in [0.717, 1.165) is 37.7 Å². The van der Waals surface area contributed by atoms with E-state index < -0.39 is 0 Å². The van der Waals surface area contributed by atoms with Crippen molar-refractivity contribution in [1.82, 2.24) is 15.5 Å². The number of anilines is 1. The second kappa shape index (κ2) is 7.22. The molecule has 4 heteroatoms. The Morgan fingerprint density at radius 1 is 1.24 bits per heavy atom. The second-order valence-corrected chi connectivity index (χ2v) is 4.60. The first-order chi connectivity index (χ1) is 8.17. The van der Waals surface area contributed by atoms with Crippen molar-refractivity contribution in [2.75, 3.05) is 24.5 Å². The van der Waals surface area contributed by atoms with E-state index in [2.05, 4.69) is 54.2 Å². The van der Waals surface area contributed by atoms with Gasteiger partial charge in [0.25, 0.3) is 0 Å². The molecule has 0 unspecified atom stereocenters. The molecule has 0 aliphatic carbocycles. The van der Waals surface area contributed by atoms with Gasteiger partial charge in [-0.25, -0.2) is 0 Å². The molecule has 0 aliphatic rings. The van der Waals surface area contributed by atoms with Gasteiger partial charge >= 0.3 is 0 Å². The minimum absolute atomic E-state index is 0.637. The SMILES string of the molecule is CCNCc1ccc(N(CC)CC(C)C)nn1. The third-order valence-corrected chi connectivity index (χ3v) is 2.55. The monoisotopic (exact) mass is 236 g/mol. The van der Waals surface area contributed by atoms with Gasteiger partial charge in [-0.05, 0) is 31.5 Å². The van der Waals surface area contributed by atoms with Crippen LogP contribution in [0, 0.1) is 5.92 Å². The molecule has 4 nitrogen and oxygen atoms in total. The normalized spacial score (nSPS) is 10.9. The highest BCUT2D eigenvalue weighted by Gasteiger charge is 2.08. The van der Waals surface area contributed by atoms with Crippen molar-refractivity contribution >= 4 is 5.82 Å². The van der Waals surface area contributed by atoms with Crippen LogP contribution in [0.5, 0.6) is 0 Å². The molecule has 0 spiro atoms.